The van der Waals surface area contributed by atoms with Crippen molar-refractivity contribution in [3.63, 3.8) is 0 Å². The molecule has 1 unspecified atom stereocenters. The molecule has 0 radical (unpaired) electrons. The third kappa shape index (κ3) is 5.63. The number of amides is 1. The molecule has 0 spiro atoms. The first kappa shape index (κ1) is 23.7. The number of carbonyl (C=O) groups excluding carboxylic acids is 2. The topological polar surface area (TPSA) is 90.6 Å². The van der Waals surface area contributed by atoms with E-state index in [1.807, 2.05) is 40.7 Å². The number of ether oxygens (including phenoxy) is 1. The third-order valence-electron chi connectivity index (χ3n) is 6.65. The fourth-order valence-corrected chi connectivity index (χ4v) is 5.46. The fourth-order valence-electron chi connectivity index (χ4n) is 4.63. The van der Waals surface area contributed by atoms with Crippen molar-refractivity contribution in [3.05, 3.63) is 47.6 Å². The van der Waals surface area contributed by atoms with Crippen molar-refractivity contribution in [2.24, 2.45) is 0 Å². The van der Waals surface area contributed by atoms with Crippen molar-refractivity contribution < 1.29 is 14.3 Å². The average molecular weight is 494 g/mol. The van der Waals surface area contributed by atoms with Crippen LogP contribution in [0.5, 0.6) is 0 Å². The van der Waals surface area contributed by atoms with Crippen molar-refractivity contribution in [2.45, 2.75) is 25.3 Å². The van der Waals surface area contributed by atoms with Crippen molar-refractivity contribution in [1.82, 2.24) is 19.8 Å². The van der Waals surface area contributed by atoms with E-state index < -0.39 is 0 Å². The van der Waals surface area contributed by atoms with E-state index in [1.165, 1.54) is 6.42 Å². The van der Waals surface area contributed by atoms with Crippen molar-refractivity contribution in [1.29, 1.82) is 0 Å². The summed E-state index contributed by atoms with van der Waals surface area (Å²) in [5, 5.41) is 6.34. The van der Waals surface area contributed by atoms with Gasteiger partial charge >= 0.3 is 0 Å². The summed E-state index contributed by atoms with van der Waals surface area (Å²) in [6.07, 6.45) is 6.22. The Morgan fingerprint density at radius 2 is 1.97 bits per heavy atom. The van der Waals surface area contributed by atoms with E-state index in [0.29, 0.717) is 25.5 Å². The number of H-pyrrole nitrogens is 1. The first-order valence-corrected chi connectivity index (χ1v) is 13.1. The van der Waals surface area contributed by atoms with Crippen LogP contribution in [0.4, 0.5) is 5.69 Å². The summed E-state index contributed by atoms with van der Waals surface area (Å²) in [5.41, 5.74) is 4.36. The summed E-state index contributed by atoms with van der Waals surface area (Å²) in [4.78, 5) is 36.5. The molecule has 2 aliphatic rings. The van der Waals surface area contributed by atoms with E-state index in [0.717, 1.165) is 72.8 Å². The van der Waals surface area contributed by atoms with Gasteiger partial charge in [-0.05, 0) is 37.5 Å². The highest BCUT2D eigenvalue weighted by Gasteiger charge is 2.21. The molecular formula is C26H31N5O3S. The maximum Gasteiger partial charge on any atom is 0.270 e. The van der Waals surface area contributed by atoms with Gasteiger partial charge in [0.2, 0.25) is 0 Å². The van der Waals surface area contributed by atoms with Gasteiger partial charge in [0.15, 0.2) is 0 Å². The molecule has 4 heterocycles. The molecule has 1 aromatic carbocycles. The summed E-state index contributed by atoms with van der Waals surface area (Å²) in [6, 6.07) is 9.82. The predicted molar refractivity (Wildman–Crippen MR) is 138 cm³/mol. The van der Waals surface area contributed by atoms with Crippen LogP contribution in [0.3, 0.4) is 0 Å². The first-order chi connectivity index (χ1) is 17.2. The SMILES string of the molecule is O=CC(CNc1cccc(-c2nc(-c3c[nH]c(C(=O)N4CCCCC4)c3)cs2)c1)N1CCOCC1. The van der Waals surface area contributed by atoms with Gasteiger partial charge < -0.3 is 24.7 Å². The maximum atomic E-state index is 12.8. The van der Waals surface area contributed by atoms with Gasteiger partial charge in [0.1, 0.15) is 17.0 Å². The van der Waals surface area contributed by atoms with Crippen LogP contribution in [0.2, 0.25) is 0 Å². The Morgan fingerprint density at radius 1 is 1.14 bits per heavy atom. The number of likely N-dealkylation sites (tertiary alicyclic amines) is 1. The smallest absolute Gasteiger partial charge is 0.270 e. The van der Waals surface area contributed by atoms with Crippen LogP contribution in [0.1, 0.15) is 29.8 Å². The minimum absolute atomic E-state index is 0.0656. The lowest BCUT2D eigenvalue weighted by atomic mass is 10.1. The molecule has 2 fully saturated rings. The molecule has 3 aromatic rings. The van der Waals surface area contributed by atoms with Crippen LogP contribution >= 0.6 is 11.3 Å². The Labute approximate surface area is 209 Å². The molecule has 8 nitrogen and oxygen atoms in total. The molecule has 1 atom stereocenters. The molecular weight excluding hydrogens is 462 g/mol. The predicted octanol–water partition coefficient (Wildman–Crippen LogP) is 3.74. The molecule has 2 N–H and O–H groups in total. The Hall–Kier alpha value is -3.01. The van der Waals surface area contributed by atoms with Gasteiger partial charge in [-0.1, -0.05) is 12.1 Å². The van der Waals surface area contributed by atoms with Gasteiger partial charge in [-0.3, -0.25) is 9.69 Å². The second-order valence-corrected chi connectivity index (χ2v) is 9.86. The van der Waals surface area contributed by atoms with Gasteiger partial charge in [0.05, 0.1) is 24.9 Å². The van der Waals surface area contributed by atoms with Crippen LogP contribution in [0, 0.1) is 0 Å². The summed E-state index contributed by atoms with van der Waals surface area (Å²) in [6.45, 7) is 5.10. The van der Waals surface area contributed by atoms with Crippen LogP contribution in [-0.4, -0.2) is 83.9 Å². The van der Waals surface area contributed by atoms with E-state index in [1.54, 1.807) is 11.3 Å². The molecule has 2 saturated heterocycles. The minimum atomic E-state index is -0.176. The van der Waals surface area contributed by atoms with Crippen LogP contribution in [0.15, 0.2) is 41.9 Å². The number of aldehydes is 1. The Bertz CT molecular complexity index is 1150. The summed E-state index contributed by atoms with van der Waals surface area (Å²) >= 11 is 1.58. The van der Waals surface area contributed by atoms with Crippen molar-refractivity contribution in [3.8, 4) is 21.8 Å². The van der Waals surface area contributed by atoms with Gasteiger partial charge in [0.25, 0.3) is 5.91 Å². The molecule has 2 aliphatic heterocycles. The maximum absolute atomic E-state index is 12.8. The van der Waals surface area contributed by atoms with Crippen LogP contribution in [-0.2, 0) is 9.53 Å². The zero-order chi connectivity index (χ0) is 24.0. The number of anilines is 1. The summed E-state index contributed by atoms with van der Waals surface area (Å²) in [5.74, 6) is 0.0656. The normalized spacial score (nSPS) is 17.8. The molecule has 0 aliphatic carbocycles. The van der Waals surface area contributed by atoms with E-state index in [2.05, 4.69) is 21.3 Å². The number of aromatic amines is 1. The summed E-state index contributed by atoms with van der Waals surface area (Å²) < 4.78 is 5.39. The Morgan fingerprint density at radius 3 is 2.77 bits per heavy atom. The van der Waals surface area contributed by atoms with Gasteiger partial charge in [-0.25, -0.2) is 4.98 Å². The first-order valence-electron chi connectivity index (χ1n) is 12.3. The largest absolute Gasteiger partial charge is 0.383 e. The number of benzene rings is 1. The van der Waals surface area contributed by atoms with Gasteiger partial charge in [-0.2, -0.15) is 0 Å². The van der Waals surface area contributed by atoms with Gasteiger partial charge in [-0.15, -0.1) is 11.3 Å². The van der Waals surface area contributed by atoms with Crippen molar-refractivity contribution in [2.75, 3.05) is 51.3 Å². The van der Waals surface area contributed by atoms with Crippen LogP contribution < -0.4 is 5.32 Å². The highest BCUT2D eigenvalue weighted by Crippen LogP contribution is 2.31. The minimum Gasteiger partial charge on any atom is -0.383 e. The number of carbonyl (C=O) groups is 2. The summed E-state index contributed by atoms with van der Waals surface area (Å²) in [7, 11) is 0. The van der Waals surface area contributed by atoms with E-state index in [4.69, 9.17) is 9.72 Å². The molecule has 2 aromatic heterocycles. The number of thiazole rings is 1. The van der Waals surface area contributed by atoms with Gasteiger partial charge in [0, 0.05) is 61.1 Å². The zero-order valence-electron chi connectivity index (χ0n) is 19.7. The Kier molecular flexibility index (Phi) is 7.56. The second kappa shape index (κ2) is 11.2. The highest BCUT2D eigenvalue weighted by molar-refractivity contribution is 7.13. The molecule has 5 rings (SSSR count). The van der Waals surface area contributed by atoms with Crippen LogP contribution in [0.25, 0.3) is 21.8 Å². The number of nitrogens with one attached hydrogen (secondary N) is 2. The molecule has 0 saturated carbocycles. The molecule has 1 amide bonds. The highest BCUT2D eigenvalue weighted by atomic mass is 32.1. The number of hydrogen-bond donors (Lipinski definition) is 2. The Balaban J connectivity index is 1.24. The second-order valence-electron chi connectivity index (χ2n) is 9.01. The van der Waals surface area contributed by atoms with Crippen molar-refractivity contribution >= 4 is 29.2 Å². The number of piperidine rings is 1. The lowest BCUT2D eigenvalue weighted by Crippen LogP contribution is -2.47. The average Bonchev–Trinajstić information content (AvgIpc) is 3.60. The van der Waals surface area contributed by atoms with E-state index >= 15 is 0 Å². The molecule has 9 heteroatoms. The zero-order valence-corrected chi connectivity index (χ0v) is 20.6. The van der Waals surface area contributed by atoms with E-state index in [9.17, 15) is 9.59 Å². The number of nitrogens with zero attached hydrogens (tertiary/aromatic N) is 3. The number of hydrogen-bond acceptors (Lipinski definition) is 7. The standard InChI is InChI=1S/C26H31N5O3S/c32-17-22(30-9-11-34-12-10-30)16-27-21-6-4-5-19(13-21)25-29-24(18-35-25)20-14-23(28-15-20)26(33)31-7-2-1-3-8-31/h4-6,13-15,17-18,22,27-28H,1-3,7-12,16H2. The lowest BCUT2D eigenvalue weighted by Gasteiger charge is -2.31. The number of morpholine rings is 1. The number of rotatable bonds is 8. The lowest BCUT2D eigenvalue weighted by molar-refractivity contribution is -0.113. The molecule has 0 bridgehead atoms. The number of aromatic nitrogens is 2. The quantitative estimate of drug-likeness (QED) is 0.465. The molecule has 35 heavy (non-hydrogen) atoms. The monoisotopic (exact) mass is 493 g/mol. The molecule has 184 valence electrons. The fraction of sp³-hybridized carbons (Fsp3) is 0.423. The van der Waals surface area contributed by atoms with E-state index in [-0.39, 0.29) is 11.9 Å². The third-order valence-corrected chi connectivity index (χ3v) is 7.54.